The number of halogens is 2. The highest BCUT2D eigenvalue weighted by atomic mass is 79.9. The molecule has 106 valence electrons. The highest BCUT2D eigenvalue weighted by Crippen LogP contribution is 2.29. The first-order valence-electron chi connectivity index (χ1n) is 5.84. The van der Waals surface area contributed by atoms with Crippen molar-refractivity contribution in [3.05, 3.63) is 32.9 Å². The topological polar surface area (TPSA) is 84.4 Å². The van der Waals surface area contributed by atoms with E-state index in [9.17, 15) is 4.79 Å². The normalized spacial score (nSPS) is 16.3. The lowest BCUT2D eigenvalue weighted by molar-refractivity contribution is 0.0689. The number of hydrogen-bond acceptors (Lipinski definition) is 5. The Morgan fingerprint density at radius 1 is 1.50 bits per heavy atom. The van der Waals surface area contributed by atoms with Crippen LogP contribution in [0.25, 0.3) is 0 Å². The van der Waals surface area contributed by atoms with Crippen LogP contribution in [-0.4, -0.2) is 44.1 Å². The molecule has 0 aliphatic carbocycles. The van der Waals surface area contributed by atoms with Gasteiger partial charge in [0, 0.05) is 13.1 Å². The maximum atomic E-state index is 10.7. The molecule has 9 heteroatoms. The number of rotatable bonds is 4. The second kappa shape index (κ2) is 5.30. The van der Waals surface area contributed by atoms with E-state index in [1.54, 1.807) is 4.68 Å². The molecular formula is C11H10Br2N4O3. The molecule has 1 saturated heterocycles. The Bertz CT molecular complexity index is 628. The molecule has 2 aromatic rings. The van der Waals surface area contributed by atoms with Crippen LogP contribution in [0, 0.1) is 0 Å². The Balaban J connectivity index is 1.56. The average molecular weight is 406 g/mol. The molecule has 0 amide bonds. The van der Waals surface area contributed by atoms with Gasteiger partial charge in [-0.05, 0) is 37.9 Å². The molecule has 0 saturated carbocycles. The number of carboxylic acid groups (broad SMARTS) is 1. The van der Waals surface area contributed by atoms with Crippen LogP contribution < -0.4 is 0 Å². The van der Waals surface area contributed by atoms with E-state index in [1.165, 1.54) is 6.20 Å². The van der Waals surface area contributed by atoms with Gasteiger partial charge in [0.25, 0.3) is 0 Å². The summed E-state index contributed by atoms with van der Waals surface area (Å²) in [5.41, 5.74) is -0.0256. The minimum Gasteiger partial charge on any atom is -0.476 e. The molecule has 0 radical (unpaired) electrons. The SMILES string of the molecule is O=C(O)c1cn(C2CN(Cc3cc(Br)c(Br)o3)C2)nn1. The van der Waals surface area contributed by atoms with Crippen LogP contribution in [-0.2, 0) is 6.54 Å². The van der Waals surface area contributed by atoms with E-state index >= 15 is 0 Å². The predicted octanol–water partition coefficient (Wildman–Crippen LogP) is 2.15. The Morgan fingerprint density at radius 2 is 2.25 bits per heavy atom. The van der Waals surface area contributed by atoms with Crippen molar-refractivity contribution in [2.45, 2.75) is 12.6 Å². The first kappa shape index (κ1) is 13.8. The van der Waals surface area contributed by atoms with Crippen molar-refractivity contribution >= 4 is 37.8 Å². The molecule has 1 aliphatic heterocycles. The van der Waals surface area contributed by atoms with Gasteiger partial charge in [-0.25, -0.2) is 9.48 Å². The molecule has 0 atom stereocenters. The van der Waals surface area contributed by atoms with Crippen LogP contribution in [0.2, 0.25) is 0 Å². The largest absolute Gasteiger partial charge is 0.476 e. The lowest BCUT2D eigenvalue weighted by atomic mass is 10.1. The molecule has 3 rings (SSSR count). The van der Waals surface area contributed by atoms with Crippen molar-refractivity contribution in [1.29, 1.82) is 0 Å². The van der Waals surface area contributed by atoms with E-state index in [0.29, 0.717) is 11.2 Å². The van der Waals surface area contributed by atoms with Crippen LogP contribution >= 0.6 is 31.9 Å². The first-order chi connectivity index (χ1) is 9.52. The highest BCUT2D eigenvalue weighted by molar-refractivity contribution is 9.13. The van der Waals surface area contributed by atoms with Gasteiger partial charge >= 0.3 is 5.97 Å². The van der Waals surface area contributed by atoms with Gasteiger partial charge in [0.15, 0.2) is 10.4 Å². The summed E-state index contributed by atoms with van der Waals surface area (Å²) in [5.74, 6) is -0.190. The minimum atomic E-state index is -1.06. The number of furan rings is 1. The van der Waals surface area contributed by atoms with E-state index in [1.807, 2.05) is 6.07 Å². The van der Waals surface area contributed by atoms with E-state index in [4.69, 9.17) is 9.52 Å². The van der Waals surface area contributed by atoms with Gasteiger partial charge in [0.05, 0.1) is 23.3 Å². The summed E-state index contributed by atoms with van der Waals surface area (Å²) < 4.78 is 8.70. The molecule has 0 unspecified atom stereocenters. The van der Waals surface area contributed by atoms with Crippen molar-refractivity contribution in [3.8, 4) is 0 Å². The molecule has 0 spiro atoms. The Labute approximate surface area is 130 Å². The maximum Gasteiger partial charge on any atom is 0.358 e. The third-order valence-electron chi connectivity index (χ3n) is 3.12. The molecule has 3 heterocycles. The third kappa shape index (κ3) is 2.65. The zero-order valence-electron chi connectivity index (χ0n) is 10.2. The molecule has 1 fully saturated rings. The summed E-state index contributed by atoms with van der Waals surface area (Å²) in [7, 11) is 0. The Morgan fingerprint density at radius 3 is 2.80 bits per heavy atom. The van der Waals surface area contributed by atoms with Crippen LogP contribution in [0.4, 0.5) is 0 Å². The van der Waals surface area contributed by atoms with Crippen LogP contribution in [0.1, 0.15) is 22.3 Å². The molecule has 1 N–H and O–H groups in total. The summed E-state index contributed by atoms with van der Waals surface area (Å²) in [6.45, 7) is 2.29. The molecule has 1 aliphatic rings. The van der Waals surface area contributed by atoms with Gasteiger partial charge in [0.1, 0.15) is 5.76 Å². The van der Waals surface area contributed by atoms with Gasteiger partial charge in [-0.3, -0.25) is 4.90 Å². The van der Waals surface area contributed by atoms with E-state index < -0.39 is 5.97 Å². The van der Waals surface area contributed by atoms with Gasteiger partial charge in [-0.15, -0.1) is 5.10 Å². The standard InChI is InChI=1S/C11H10Br2N4O3/c12-8-1-7(20-10(8)13)4-16-2-6(3-16)17-5-9(11(18)19)14-15-17/h1,5-6H,2-4H2,(H,18,19). The average Bonchev–Trinajstić information content (AvgIpc) is 2.92. The fraction of sp³-hybridized carbons (Fsp3) is 0.364. The molecule has 2 aromatic heterocycles. The lowest BCUT2D eigenvalue weighted by Gasteiger charge is -2.38. The van der Waals surface area contributed by atoms with Crippen molar-refractivity contribution in [3.63, 3.8) is 0 Å². The third-order valence-corrected chi connectivity index (χ3v) is 4.83. The summed E-state index contributed by atoms with van der Waals surface area (Å²) in [4.78, 5) is 12.9. The number of aromatic carboxylic acids is 1. The van der Waals surface area contributed by atoms with E-state index in [0.717, 1.165) is 23.3 Å². The van der Waals surface area contributed by atoms with E-state index in [-0.39, 0.29) is 11.7 Å². The van der Waals surface area contributed by atoms with Crippen molar-refractivity contribution in [1.82, 2.24) is 19.9 Å². The zero-order chi connectivity index (χ0) is 14.3. The molecular weight excluding hydrogens is 396 g/mol. The van der Waals surface area contributed by atoms with Gasteiger partial charge < -0.3 is 9.52 Å². The van der Waals surface area contributed by atoms with Crippen molar-refractivity contribution in [2.75, 3.05) is 13.1 Å². The van der Waals surface area contributed by atoms with Gasteiger partial charge in [0.2, 0.25) is 0 Å². The number of carbonyl (C=O) groups is 1. The second-order valence-corrected chi connectivity index (χ2v) is 6.15. The number of aromatic nitrogens is 3. The Kier molecular flexibility index (Phi) is 3.65. The predicted molar refractivity (Wildman–Crippen MR) is 75.4 cm³/mol. The smallest absolute Gasteiger partial charge is 0.358 e. The molecule has 7 nitrogen and oxygen atoms in total. The zero-order valence-corrected chi connectivity index (χ0v) is 13.3. The highest BCUT2D eigenvalue weighted by Gasteiger charge is 2.30. The van der Waals surface area contributed by atoms with E-state index in [2.05, 4.69) is 47.1 Å². The van der Waals surface area contributed by atoms with Crippen LogP contribution in [0.15, 0.2) is 25.8 Å². The fourth-order valence-corrected chi connectivity index (χ4v) is 2.74. The summed E-state index contributed by atoms with van der Waals surface area (Å²) in [6, 6.07) is 2.09. The quantitative estimate of drug-likeness (QED) is 0.838. The molecule has 0 aromatic carbocycles. The van der Waals surface area contributed by atoms with Crippen molar-refractivity contribution < 1.29 is 14.3 Å². The lowest BCUT2D eigenvalue weighted by Crippen LogP contribution is -2.47. The van der Waals surface area contributed by atoms with Crippen molar-refractivity contribution in [2.24, 2.45) is 0 Å². The molecule has 0 bridgehead atoms. The second-order valence-electron chi connectivity index (χ2n) is 4.57. The molecule has 20 heavy (non-hydrogen) atoms. The van der Waals surface area contributed by atoms with Crippen LogP contribution in [0.3, 0.4) is 0 Å². The fourth-order valence-electron chi connectivity index (χ4n) is 2.08. The van der Waals surface area contributed by atoms with Gasteiger partial charge in [-0.1, -0.05) is 5.21 Å². The summed E-state index contributed by atoms with van der Waals surface area (Å²) in [6.07, 6.45) is 1.46. The summed E-state index contributed by atoms with van der Waals surface area (Å²) in [5, 5.41) is 16.2. The monoisotopic (exact) mass is 404 g/mol. The van der Waals surface area contributed by atoms with Crippen LogP contribution in [0.5, 0.6) is 0 Å². The number of hydrogen-bond donors (Lipinski definition) is 1. The number of likely N-dealkylation sites (tertiary alicyclic amines) is 1. The Hall–Kier alpha value is -1.19. The first-order valence-corrected chi connectivity index (χ1v) is 7.42. The summed E-state index contributed by atoms with van der Waals surface area (Å²) >= 11 is 6.67. The maximum absolute atomic E-state index is 10.7. The minimum absolute atomic E-state index is 0.0256. The number of carboxylic acids is 1. The van der Waals surface area contributed by atoms with Gasteiger partial charge in [-0.2, -0.15) is 0 Å². The number of nitrogens with zero attached hydrogens (tertiary/aromatic N) is 4.